The fraction of sp³-hybridized carbons (Fsp3) is 0.292. The van der Waals surface area contributed by atoms with E-state index in [1.165, 1.54) is 12.3 Å². The zero-order valence-corrected chi connectivity index (χ0v) is 19.8. The summed E-state index contributed by atoms with van der Waals surface area (Å²) in [5.74, 6) is 0.222. The molecule has 10 heteroatoms. The third-order valence-electron chi connectivity index (χ3n) is 5.54. The molecule has 1 aliphatic rings. The van der Waals surface area contributed by atoms with Crippen molar-refractivity contribution in [2.45, 2.75) is 13.3 Å². The van der Waals surface area contributed by atoms with Crippen molar-refractivity contribution < 1.29 is 9.59 Å². The molecule has 2 amide bonds. The quantitative estimate of drug-likeness (QED) is 0.577. The molecule has 2 aromatic heterocycles. The Kier molecular flexibility index (Phi) is 7.34. The third kappa shape index (κ3) is 5.86. The second-order valence-electron chi connectivity index (χ2n) is 8.22. The number of hydrogen-bond acceptors (Lipinski definition) is 7. The second kappa shape index (κ2) is 10.6. The first-order chi connectivity index (χ1) is 16.4. The Morgan fingerprint density at radius 3 is 2.50 bits per heavy atom. The number of rotatable bonds is 5. The number of aromatic nitrogens is 3. The van der Waals surface area contributed by atoms with Gasteiger partial charge in [0.15, 0.2) is 0 Å². The minimum Gasteiger partial charge on any atom is -0.354 e. The van der Waals surface area contributed by atoms with Crippen molar-refractivity contribution in [1.82, 2.24) is 19.9 Å². The number of benzene rings is 1. The maximum absolute atomic E-state index is 12.9. The van der Waals surface area contributed by atoms with Gasteiger partial charge >= 0.3 is 0 Å². The lowest BCUT2D eigenvalue weighted by Crippen LogP contribution is -2.29. The number of halogens is 1. The van der Waals surface area contributed by atoms with Gasteiger partial charge in [-0.25, -0.2) is 15.0 Å². The van der Waals surface area contributed by atoms with Crippen LogP contribution in [0.1, 0.15) is 32.8 Å². The minimum absolute atomic E-state index is 0.150. The van der Waals surface area contributed by atoms with Gasteiger partial charge < -0.3 is 20.4 Å². The van der Waals surface area contributed by atoms with Gasteiger partial charge in [-0.15, -0.1) is 0 Å². The molecule has 3 aromatic rings. The van der Waals surface area contributed by atoms with Crippen LogP contribution in [-0.2, 0) is 0 Å². The van der Waals surface area contributed by atoms with Crippen LogP contribution in [0, 0.1) is 6.92 Å². The fourth-order valence-corrected chi connectivity index (χ4v) is 3.77. The summed E-state index contributed by atoms with van der Waals surface area (Å²) in [5, 5.41) is 5.83. The molecule has 0 saturated carbocycles. The summed E-state index contributed by atoms with van der Waals surface area (Å²) in [6.45, 7) is 5.65. The summed E-state index contributed by atoms with van der Waals surface area (Å²) in [5.41, 5.74) is 1.64. The number of hydrogen-bond donors (Lipinski definition) is 2. The van der Waals surface area contributed by atoms with Crippen molar-refractivity contribution in [3.63, 3.8) is 0 Å². The summed E-state index contributed by atoms with van der Waals surface area (Å²) in [4.78, 5) is 43.1. The SMILES string of the molecule is Cc1ccc(NC(=O)c2cc(Cl)ccc2NC(=O)c2cnc(N3CCCN(C)CC3)cn2)nc1. The summed E-state index contributed by atoms with van der Waals surface area (Å²) in [7, 11) is 2.10. The maximum atomic E-state index is 12.9. The highest BCUT2D eigenvalue weighted by atomic mass is 35.5. The van der Waals surface area contributed by atoms with E-state index in [-0.39, 0.29) is 11.3 Å². The van der Waals surface area contributed by atoms with Gasteiger partial charge in [-0.05, 0) is 56.8 Å². The van der Waals surface area contributed by atoms with Gasteiger partial charge in [-0.2, -0.15) is 0 Å². The van der Waals surface area contributed by atoms with Gasteiger partial charge in [0.2, 0.25) is 0 Å². The fourth-order valence-electron chi connectivity index (χ4n) is 3.60. The Morgan fingerprint density at radius 2 is 1.76 bits per heavy atom. The van der Waals surface area contributed by atoms with Crippen molar-refractivity contribution in [3.8, 4) is 0 Å². The molecule has 2 N–H and O–H groups in total. The highest BCUT2D eigenvalue weighted by Crippen LogP contribution is 2.23. The minimum atomic E-state index is -0.473. The second-order valence-corrected chi connectivity index (χ2v) is 8.66. The Balaban J connectivity index is 1.47. The smallest absolute Gasteiger partial charge is 0.275 e. The number of aryl methyl sites for hydroxylation is 1. The molecule has 3 heterocycles. The van der Waals surface area contributed by atoms with Crippen LogP contribution in [0.4, 0.5) is 17.3 Å². The molecule has 1 aliphatic heterocycles. The van der Waals surface area contributed by atoms with Crippen LogP contribution in [0.15, 0.2) is 48.9 Å². The molecule has 1 saturated heterocycles. The summed E-state index contributed by atoms with van der Waals surface area (Å²) >= 11 is 6.11. The van der Waals surface area contributed by atoms with E-state index in [4.69, 9.17) is 11.6 Å². The van der Waals surface area contributed by atoms with Crippen LogP contribution in [0.25, 0.3) is 0 Å². The molecule has 0 spiro atoms. The number of carbonyl (C=O) groups excluding carboxylic acids is 2. The molecule has 9 nitrogen and oxygen atoms in total. The van der Waals surface area contributed by atoms with Crippen molar-refractivity contribution in [1.29, 1.82) is 0 Å². The molecule has 0 unspecified atom stereocenters. The summed E-state index contributed by atoms with van der Waals surface area (Å²) < 4.78 is 0. The van der Waals surface area contributed by atoms with Crippen LogP contribution < -0.4 is 15.5 Å². The van der Waals surface area contributed by atoms with E-state index in [2.05, 4.69) is 42.4 Å². The summed E-state index contributed by atoms with van der Waals surface area (Å²) in [6.07, 6.45) is 5.76. The standard InChI is InChI=1S/C24H26ClN7O2/c1-16-4-7-21(27-13-16)30-23(33)18-12-17(25)5-6-19(18)29-24(34)20-14-28-22(15-26-20)32-9-3-8-31(2)10-11-32/h4-7,12-15H,3,8-11H2,1-2H3,(H,29,34)(H,27,30,33). The molecule has 0 radical (unpaired) electrons. The molecule has 0 bridgehead atoms. The molecule has 0 atom stereocenters. The zero-order valence-electron chi connectivity index (χ0n) is 19.1. The first-order valence-electron chi connectivity index (χ1n) is 11.0. The van der Waals surface area contributed by atoms with Gasteiger partial charge in [0.1, 0.15) is 17.3 Å². The largest absolute Gasteiger partial charge is 0.354 e. The Labute approximate surface area is 203 Å². The average molecular weight is 480 g/mol. The van der Waals surface area contributed by atoms with E-state index in [9.17, 15) is 9.59 Å². The van der Waals surface area contributed by atoms with Crippen LogP contribution in [0.5, 0.6) is 0 Å². The summed E-state index contributed by atoms with van der Waals surface area (Å²) in [6, 6.07) is 8.22. The lowest BCUT2D eigenvalue weighted by molar-refractivity contribution is 0.102. The van der Waals surface area contributed by atoms with Crippen LogP contribution in [0.3, 0.4) is 0 Å². The molecule has 1 fully saturated rings. The molecule has 0 aliphatic carbocycles. The number of carbonyl (C=O) groups is 2. The number of nitrogens with one attached hydrogen (secondary N) is 2. The average Bonchev–Trinajstić information content (AvgIpc) is 3.06. The first-order valence-corrected chi connectivity index (χ1v) is 11.4. The number of likely N-dealkylation sites (N-methyl/N-ethyl adjacent to an activating group) is 1. The zero-order chi connectivity index (χ0) is 24.1. The van der Waals surface area contributed by atoms with E-state index in [1.807, 2.05) is 13.0 Å². The van der Waals surface area contributed by atoms with E-state index in [0.717, 1.165) is 44.0 Å². The Morgan fingerprint density at radius 1 is 0.912 bits per heavy atom. The van der Waals surface area contributed by atoms with Gasteiger partial charge in [0, 0.05) is 30.9 Å². The molecular formula is C24H26ClN7O2. The number of amides is 2. The monoisotopic (exact) mass is 479 g/mol. The molecular weight excluding hydrogens is 454 g/mol. The predicted molar refractivity (Wildman–Crippen MR) is 133 cm³/mol. The number of anilines is 3. The Bertz CT molecular complexity index is 1170. The van der Waals surface area contributed by atoms with Gasteiger partial charge in [-0.3, -0.25) is 9.59 Å². The maximum Gasteiger partial charge on any atom is 0.275 e. The van der Waals surface area contributed by atoms with E-state index < -0.39 is 11.8 Å². The lowest BCUT2D eigenvalue weighted by atomic mass is 10.1. The van der Waals surface area contributed by atoms with Gasteiger partial charge in [0.25, 0.3) is 11.8 Å². The topological polar surface area (TPSA) is 103 Å². The predicted octanol–water partition coefficient (Wildman–Crippen LogP) is 3.48. The molecule has 34 heavy (non-hydrogen) atoms. The highest BCUT2D eigenvalue weighted by molar-refractivity contribution is 6.31. The van der Waals surface area contributed by atoms with E-state index in [1.54, 1.807) is 30.6 Å². The van der Waals surface area contributed by atoms with E-state index in [0.29, 0.717) is 16.5 Å². The van der Waals surface area contributed by atoms with Crippen LogP contribution in [-0.4, -0.2) is 64.9 Å². The lowest BCUT2D eigenvalue weighted by Gasteiger charge is -2.21. The van der Waals surface area contributed by atoms with Crippen molar-refractivity contribution >= 4 is 40.7 Å². The normalized spacial score (nSPS) is 14.4. The van der Waals surface area contributed by atoms with Gasteiger partial charge in [-0.1, -0.05) is 17.7 Å². The van der Waals surface area contributed by atoms with Crippen molar-refractivity contribution in [2.75, 3.05) is 48.8 Å². The highest BCUT2D eigenvalue weighted by Gasteiger charge is 2.18. The molecule has 1 aromatic carbocycles. The third-order valence-corrected chi connectivity index (χ3v) is 5.78. The van der Waals surface area contributed by atoms with E-state index >= 15 is 0 Å². The number of nitrogens with zero attached hydrogens (tertiary/aromatic N) is 5. The van der Waals surface area contributed by atoms with Crippen LogP contribution in [0.2, 0.25) is 5.02 Å². The van der Waals surface area contributed by atoms with Gasteiger partial charge in [0.05, 0.1) is 23.6 Å². The molecule has 4 rings (SSSR count). The first kappa shape index (κ1) is 23.6. The van der Waals surface area contributed by atoms with Crippen molar-refractivity contribution in [3.05, 3.63) is 70.8 Å². The van der Waals surface area contributed by atoms with Crippen LogP contribution >= 0.6 is 11.6 Å². The number of pyridine rings is 1. The molecule has 176 valence electrons. The Hall–Kier alpha value is -3.56. The van der Waals surface area contributed by atoms with Crippen molar-refractivity contribution in [2.24, 2.45) is 0 Å².